The van der Waals surface area contributed by atoms with Crippen molar-refractivity contribution < 1.29 is 4.79 Å². The minimum Gasteiger partial charge on any atom is -0.399 e. The van der Waals surface area contributed by atoms with E-state index in [0.29, 0.717) is 0 Å². The van der Waals surface area contributed by atoms with Crippen molar-refractivity contribution in [1.82, 2.24) is 5.32 Å². The van der Waals surface area contributed by atoms with Crippen LogP contribution in [-0.2, 0) is 4.79 Å². The first-order valence-electron chi connectivity index (χ1n) is 5.15. The van der Waals surface area contributed by atoms with Gasteiger partial charge in [-0.1, -0.05) is 12.1 Å². The van der Waals surface area contributed by atoms with Crippen molar-refractivity contribution in [3.63, 3.8) is 0 Å². The fourth-order valence-electron chi connectivity index (χ4n) is 2.07. The molecule has 15 heavy (non-hydrogen) atoms. The molecular formula is C12H16N2O. The number of carbonyl (C=O) groups excluding carboxylic acids is 1. The molecule has 1 atom stereocenters. The van der Waals surface area contributed by atoms with Gasteiger partial charge in [-0.15, -0.1) is 0 Å². The van der Waals surface area contributed by atoms with E-state index in [1.165, 1.54) is 0 Å². The van der Waals surface area contributed by atoms with Gasteiger partial charge in [0.25, 0.3) is 0 Å². The molecule has 1 amide bonds. The number of hydrogen-bond donors (Lipinski definition) is 2. The van der Waals surface area contributed by atoms with Crippen molar-refractivity contribution >= 4 is 11.6 Å². The fraction of sp³-hybridized carbons (Fsp3) is 0.417. The lowest BCUT2D eigenvalue weighted by Gasteiger charge is -2.16. The molecule has 2 rings (SSSR count). The Hall–Kier alpha value is -1.51. The van der Waals surface area contributed by atoms with Gasteiger partial charge in [0.05, 0.1) is 5.92 Å². The van der Waals surface area contributed by atoms with Crippen LogP contribution in [-0.4, -0.2) is 11.4 Å². The van der Waals surface area contributed by atoms with E-state index in [2.05, 4.69) is 5.32 Å². The highest BCUT2D eigenvalue weighted by atomic mass is 16.2. The number of nitrogen functional groups attached to an aromatic ring is 1. The molecule has 3 N–H and O–H groups in total. The fourth-order valence-corrected chi connectivity index (χ4v) is 2.07. The van der Waals surface area contributed by atoms with Crippen LogP contribution in [0.4, 0.5) is 5.69 Å². The SMILES string of the molecule is CC1(C)C[C@H](c2ccc(N)cc2)C(=O)N1. The Bertz CT molecular complexity index is 381. The van der Waals surface area contributed by atoms with E-state index in [4.69, 9.17) is 5.73 Å². The number of hydrogen-bond acceptors (Lipinski definition) is 2. The van der Waals surface area contributed by atoms with Crippen molar-refractivity contribution in [2.24, 2.45) is 0 Å². The molecule has 1 heterocycles. The summed E-state index contributed by atoms with van der Waals surface area (Å²) in [6, 6.07) is 7.55. The minimum absolute atomic E-state index is 0.0272. The van der Waals surface area contributed by atoms with Crippen molar-refractivity contribution in [2.75, 3.05) is 5.73 Å². The summed E-state index contributed by atoms with van der Waals surface area (Å²) in [4.78, 5) is 11.7. The van der Waals surface area contributed by atoms with Gasteiger partial charge in [0.1, 0.15) is 0 Å². The Morgan fingerprint density at radius 1 is 1.33 bits per heavy atom. The number of amides is 1. The van der Waals surface area contributed by atoms with E-state index < -0.39 is 0 Å². The lowest BCUT2D eigenvalue weighted by Crippen LogP contribution is -2.34. The number of nitrogens with one attached hydrogen (secondary N) is 1. The molecule has 0 radical (unpaired) electrons. The lowest BCUT2D eigenvalue weighted by molar-refractivity contribution is -0.120. The van der Waals surface area contributed by atoms with Crippen LogP contribution in [0.5, 0.6) is 0 Å². The first kappa shape index (κ1) is 10.0. The van der Waals surface area contributed by atoms with Crippen molar-refractivity contribution in [3.8, 4) is 0 Å². The second-order valence-corrected chi connectivity index (χ2v) is 4.80. The Morgan fingerprint density at radius 3 is 2.40 bits per heavy atom. The summed E-state index contributed by atoms with van der Waals surface area (Å²) < 4.78 is 0. The number of rotatable bonds is 1. The first-order chi connectivity index (χ1) is 6.98. The summed E-state index contributed by atoms with van der Waals surface area (Å²) in [5, 5.41) is 2.99. The second kappa shape index (κ2) is 3.26. The molecule has 1 aliphatic rings. The van der Waals surface area contributed by atoms with Crippen molar-refractivity contribution in [1.29, 1.82) is 0 Å². The van der Waals surface area contributed by atoms with Crippen LogP contribution in [0.15, 0.2) is 24.3 Å². The molecule has 0 saturated carbocycles. The molecule has 0 spiro atoms. The molecule has 0 unspecified atom stereocenters. The van der Waals surface area contributed by atoms with Crippen LogP contribution >= 0.6 is 0 Å². The molecule has 1 aromatic rings. The van der Waals surface area contributed by atoms with Gasteiger partial charge in [-0.3, -0.25) is 4.79 Å². The van der Waals surface area contributed by atoms with Crippen LogP contribution in [0.25, 0.3) is 0 Å². The molecule has 1 aliphatic heterocycles. The van der Waals surface area contributed by atoms with Gasteiger partial charge < -0.3 is 11.1 Å². The molecule has 1 aromatic carbocycles. The summed E-state index contributed by atoms with van der Waals surface area (Å²) >= 11 is 0. The van der Waals surface area contributed by atoms with Gasteiger partial charge in [-0.25, -0.2) is 0 Å². The van der Waals surface area contributed by atoms with Crippen molar-refractivity contribution in [2.45, 2.75) is 31.7 Å². The summed E-state index contributed by atoms with van der Waals surface area (Å²) in [5.74, 6) is 0.0883. The molecule has 0 bridgehead atoms. The Kier molecular flexibility index (Phi) is 2.18. The number of carbonyl (C=O) groups is 1. The third-order valence-corrected chi connectivity index (χ3v) is 2.83. The Morgan fingerprint density at radius 2 is 1.93 bits per heavy atom. The molecule has 0 aliphatic carbocycles. The van der Waals surface area contributed by atoms with E-state index >= 15 is 0 Å². The summed E-state index contributed by atoms with van der Waals surface area (Å²) in [6.07, 6.45) is 0.843. The molecule has 3 heteroatoms. The highest BCUT2D eigenvalue weighted by Crippen LogP contribution is 2.32. The Labute approximate surface area is 89.7 Å². The third kappa shape index (κ3) is 1.96. The standard InChI is InChI=1S/C12H16N2O/c1-12(2)7-10(11(15)14-12)8-3-5-9(13)6-4-8/h3-6,10H,7,13H2,1-2H3,(H,14,15)/t10-/m1/s1. The molecule has 1 saturated heterocycles. The maximum absolute atomic E-state index is 11.7. The summed E-state index contributed by atoms with van der Waals surface area (Å²) in [5.41, 5.74) is 7.30. The van der Waals surface area contributed by atoms with Gasteiger partial charge in [0.15, 0.2) is 0 Å². The van der Waals surface area contributed by atoms with Crippen LogP contribution < -0.4 is 11.1 Å². The van der Waals surface area contributed by atoms with Crippen LogP contribution in [0.3, 0.4) is 0 Å². The maximum atomic E-state index is 11.7. The van der Waals surface area contributed by atoms with Gasteiger partial charge in [0, 0.05) is 11.2 Å². The molecule has 1 fully saturated rings. The number of anilines is 1. The quantitative estimate of drug-likeness (QED) is 0.683. The Balaban J connectivity index is 2.25. The van der Waals surface area contributed by atoms with Crippen molar-refractivity contribution in [3.05, 3.63) is 29.8 Å². The van der Waals surface area contributed by atoms with E-state index in [9.17, 15) is 4.79 Å². The zero-order valence-electron chi connectivity index (χ0n) is 9.08. The van der Waals surface area contributed by atoms with Gasteiger partial charge in [-0.2, -0.15) is 0 Å². The third-order valence-electron chi connectivity index (χ3n) is 2.83. The van der Waals surface area contributed by atoms with Crippen LogP contribution in [0.1, 0.15) is 31.7 Å². The van der Waals surface area contributed by atoms with E-state index in [0.717, 1.165) is 17.7 Å². The number of nitrogens with two attached hydrogens (primary N) is 1. The molecule has 0 aromatic heterocycles. The number of benzene rings is 1. The smallest absolute Gasteiger partial charge is 0.228 e. The predicted molar refractivity (Wildman–Crippen MR) is 60.4 cm³/mol. The molecule has 3 nitrogen and oxygen atoms in total. The minimum atomic E-state index is -0.0941. The zero-order chi connectivity index (χ0) is 11.1. The monoisotopic (exact) mass is 204 g/mol. The van der Waals surface area contributed by atoms with E-state index in [-0.39, 0.29) is 17.4 Å². The molecular weight excluding hydrogens is 188 g/mol. The van der Waals surface area contributed by atoms with Gasteiger partial charge >= 0.3 is 0 Å². The lowest BCUT2D eigenvalue weighted by atomic mass is 9.91. The summed E-state index contributed by atoms with van der Waals surface area (Å²) in [6.45, 7) is 4.09. The molecule has 80 valence electrons. The maximum Gasteiger partial charge on any atom is 0.228 e. The van der Waals surface area contributed by atoms with E-state index in [1.807, 2.05) is 38.1 Å². The highest BCUT2D eigenvalue weighted by Gasteiger charge is 2.37. The second-order valence-electron chi connectivity index (χ2n) is 4.80. The largest absolute Gasteiger partial charge is 0.399 e. The van der Waals surface area contributed by atoms with Crippen LogP contribution in [0.2, 0.25) is 0 Å². The first-order valence-corrected chi connectivity index (χ1v) is 5.15. The average molecular weight is 204 g/mol. The average Bonchev–Trinajstić information content (AvgIpc) is 2.41. The van der Waals surface area contributed by atoms with E-state index in [1.54, 1.807) is 0 Å². The highest BCUT2D eigenvalue weighted by molar-refractivity contribution is 5.86. The van der Waals surface area contributed by atoms with Gasteiger partial charge in [-0.05, 0) is 38.0 Å². The normalized spacial score (nSPS) is 23.9. The van der Waals surface area contributed by atoms with Gasteiger partial charge in [0.2, 0.25) is 5.91 Å². The summed E-state index contributed by atoms with van der Waals surface area (Å²) in [7, 11) is 0. The zero-order valence-corrected chi connectivity index (χ0v) is 9.08. The van der Waals surface area contributed by atoms with Crippen LogP contribution in [0, 0.1) is 0 Å². The predicted octanol–water partition coefficient (Wildman–Crippen LogP) is 1.65. The topological polar surface area (TPSA) is 55.1 Å².